The van der Waals surface area contributed by atoms with Crippen LogP contribution in [-0.4, -0.2) is 26.1 Å². The third-order valence-electron chi connectivity index (χ3n) is 4.76. The number of alkyl halides is 3. The summed E-state index contributed by atoms with van der Waals surface area (Å²) in [6, 6.07) is 7.50. The minimum atomic E-state index is -4.54. The molecule has 1 saturated heterocycles. The summed E-state index contributed by atoms with van der Waals surface area (Å²) in [5.41, 5.74) is -0.613. The summed E-state index contributed by atoms with van der Waals surface area (Å²) in [4.78, 5) is 26.7. The van der Waals surface area contributed by atoms with Gasteiger partial charge in [0.1, 0.15) is 11.5 Å². The maximum Gasteiger partial charge on any atom is 0.433 e. The van der Waals surface area contributed by atoms with Crippen molar-refractivity contribution in [1.82, 2.24) is 19.5 Å². The molecule has 0 N–H and O–H groups in total. The van der Waals surface area contributed by atoms with Crippen LogP contribution in [0.3, 0.4) is 0 Å². The molecule has 1 unspecified atom stereocenters. The molecule has 1 aliphatic heterocycles. The van der Waals surface area contributed by atoms with Gasteiger partial charge in [0, 0.05) is 19.8 Å². The highest BCUT2D eigenvalue weighted by molar-refractivity contribution is 5.77. The third kappa shape index (κ3) is 3.02. The fraction of sp³-hybridized carbons (Fsp3) is 0.333. The predicted octanol–water partition coefficient (Wildman–Crippen LogP) is 3.08. The molecule has 0 radical (unpaired) electrons. The van der Waals surface area contributed by atoms with Gasteiger partial charge in [-0.1, -0.05) is 12.1 Å². The van der Waals surface area contributed by atoms with E-state index in [9.17, 15) is 18.0 Å². The van der Waals surface area contributed by atoms with Crippen molar-refractivity contribution in [2.75, 3.05) is 11.4 Å². The first kappa shape index (κ1) is 17.4. The fourth-order valence-electron chi connectivity index (χ4n) is 3.45. The molecular weight excluding hydrogens is 359 g/mol. The number of halogens is 3. The highest BCUT2D eigenvalue weighted by Gasteiger charge is 2.36. The molecule has 1 aliphatic rings. The zero-order valence-corrected chi connectivity index (χ0v) is 14.4. The van der Waals surface area contributed by atoms with Crippen LogP contribution < -0.4 is 10.5 Å². The lowest BCUT2D eigenvalue weighted by molar-refractivity contribution is -0.141. The maximum absolute atomic E-state index is 13.0. The molecule has 1 fully saturated rings. The van der Waals surface area contributed by atoms with Crippen LogP contribution in [0.2, 0.25) is 0 Å². The summed E-state index contributed by atoms with van der Waals surface area (Å²) in [6.45, 7) is 0.495. The number of aromatic nitrogens is 4. The summed E-state index contributed by atoms with van der Waals surface area (Å²) >= 11 is 0. The Hall–Kier alpha value is -2.97. The first-order valence-corrected chi connectivity index (χ1v) is 8.49. The topological polar surface area (TPSA) is 63.9 Å². The second kappa shape index (κ2) is 6.33. The molecule has 0 bridgehead atoms. The van der Waals surface area contributed by atoms with Crippen LogP contribution in [-0.2, 0) is 13.2 Å². The maximum atomic E-state index is 13.0. The molecule has 0 aliphatic carbocycles. The van der Waals surface area contributed by atoms with E-state index in [1.165, 1.54) is 4.57 Å². The first-order chi connectivity index (χ1) is 12.9. The van der Waals surface area contributed by atoms with E-state index < -0.39 is 11.9 Å². The van der Waals surface area contributed by atoms with E-state index in [1.54, 1.807) is 36.2 Å². The third-order valence-corrected chi connectivity index (χ3v) is 4.76. The van der Waals surface area contributed by atoms with E-state index in [0.29, 0.717) is 29.7 Å². The fourth-order valence-corrected chi connectivity index (χ4v) is 3.45. The molecule has 0 amide bonds. The predicted molar refractivity (Wildman–Crippen MR) is 93.3 cm³/mol. The second-order valence-electron chi connectivity index (χ2n) is 6.44. The van der Waals surface area contributed by atoms with E-state index in [1.807, 2.05) is 0 Å². The molecule has 140 valence electrons. The number of nitrogens with zero attached hydrogens (tertiary/aromatic N) is 5. The minimum absolute atomic E-state index is 0.00488. The van der Waals surface area contributed by atoms with Crippen molar-refractivity contribution in [3.8, 4) is 0 Å². The van der Waals surface area contributed by atoms with Crippen molar-refractivity contribution in [3.63, 3.8) is 0 Å². The molecule has 1 atom stereocenters. The van der Waals surface area contributed by atoms with Crippen LogP contribution in [0, 0.1) is 0 Å². The van der Waals surface area contributed by atoms with Crippen LogP contribution in [0.4, 0.5) is 19.1 Å². The molecule has 2 aromatic heterocycles. The van der Waals surface area contributed by atoms with Crippen LogP contribution >= 0.6 is 0 Å². The van der Waals surface area contributed by atoms with E-state index in [2.05, 4.69) is 15.0 Å². The van der Waals surface area contributed by atoms with Crippen molar-refractivity contribution in [3.05, 3.63) is 58.4 Å². The van der Waals surface area contributed by atoms with Gasteiger partial charge in [-0.25, -0.2) is 15.0 Å². The number of rotatable bonds is 2. The number of fused-ring (bicyclic) bond motifs is 1. The average Bonchev–Trinajstić information content (AvgIpc) is 3.14. The lowest BCUT2D eigenvalue weighted by Crippen LogP contribution is -2.32. The minimum Gasteiger partial charge on any atom is -0.331 e. The van der Waals surface area contributed by atoms with Crippen molar-refractivity contribution in [2.45, 2.75) is 25.1 Å². The normalized spacial score (nSPS) is 17.6. The highest BCUT2D eigenvalue weighted by Crippen LogP contribution is 2.35. The first-order valence-electron chi connectivity index (χ1n) is 8.49. The van der Waals surface area contributed by atoms with Gasteiger partial charge in [0.2, 0.25) is 5.95 Å². The lowest BCUT2D eigenvalue weighted by atomic mass is 10.1. The van der Waals surface area contributed by atoms with Gasteiger partial charge in [0.25, 0.3) is 5.56 Å². The Morgan fingerprint density at radius 1 is 1.15 bits per heavy atom. The number of hydrogen-bond donors (Lipinski definition) is 0. The average molecular weight is 375 g/mol. The standard InChI is InChI=1S/C18H16F3N5O/c1-25-15(23-12-6-3-2-5-11(12)16(25)27)13-7-4-10-26(13)17-22-9-8-14(24-17)18(19,20)21/h2-3,5-6,8-9,13H,4,7,10H2,1H3. The smallest absolute Gasteiger partial charge is 0.331 e. The zero-order chi connectivity index (χ0) is 19.2. The number of para-hydroxylation sites is 1. The van der Waals surface area contributed by atoms with Gasteiger partial charge >= 0.3 is 6.18 Å². The van der Waals surface area contributed by atoms with E-state index in [0.717, 1.165) is 18.7 Å². The Morgan fingerprint density at radius 2 is 1.93 bits per heavy atom. The molecule has 1 aromatic carbocycles. The van der Waals surface area contributed by atoms with Gasteiger partial charge < -0.3 is 4.90 Å². The monoisotopic (exact) mass is 375 g/mol. The summed E-state index contributed by atoms with van der Waals surface area (Å²) in [7, 11) is 1.63. The largest absolute Gasteiger partial charge is 0.433 e. The van der Waals surface area contributed by atoms with Gasteiger partial charge in [0.15, 0.2) is 0 Å². The van der Waals surface area contributed by atoms with Crippen molar-refractivity contribution in [1.29, 1.82) is 0 Å². The Balaban J connectivity index is 1.80. The molecule has 0 saturated carbocycles. The SMILES string of the molecule is Cn1c(C2CCCN2c2nccc(C(F)(F)F)n2)nc2ccccc2c1=O. The van der Waals surface area contributed by atoms with Gasteiger partial charge in [-0.05, 0) is 31.0 Å². The Labute approximate surface area is 152 Å². The molecule has 0 spiro atoms. The molecule has 27 heavy (non-hydrogen) atoms. The Bertz CT molecular complexity index is 1060. The molecular formula is C18H16F3N5O. The second-order valence-corrected chi connectivity index (χ2v) is 6.44. The van der Waals surface area contributed by atoms with Gasteiger partial charge in [-0.2, -0.15) is 13.2 Å². The van der Waals surface area contributed by atoms with Crippen LogP contribution in [0.1, 0.15) is 30.4 Å². The Morgan fingerprint density at radius 3 is 2.70 bits per heavy atom. The summed E-state index contributed by atoms with van der Waals surface area (Å²) in [6.07, 6.45) is -2.04. The van der Waals surface area contributed by atoms with E-state index >= 15 is 0 Å². The van der Waals surface area contributed by atoms with E-state index in [-0.39, 0.29) is 17.5 Å². The van der Waals surface area contributed by atoms with Gasteiger partial charge in [-0.3, -0.25) is 9.36 Å². The van der Waals surface area contributed by atoms with Crippen molar-refractivity contribution in [2.24, 2.45) is 7.05 Å². The number of anilines is 1. The van der Waals surface area contributed by atoms with Crippen LogP contribution in [0.25, 0.3) is 10.9 Å². The number of hydrogen-bond acceptors (Lipinski definition) is 5. The van der Waals surface area contributed by atoms with E-state index in [4.69, 9.17) is 0 Å². The zero-order valence-electron chi connectivity index (χ0n) is 14.4. The molecule has 9 heteroatoms. The molecule has 4 rings (SSSR count). The van der Waals surface area contributed by atoms with Crippen LogP contribution in [0.15, 0.2) is 41.3 Å². The molecule has 3 heterocycles. The highest BCUT2D eigenvalue weighted by atomic mass is 19.4. The van der Waals surface area contributed by atoms with Gasteiger partial charge in [-0.15, -0.1) is 0 Å². The van der Waals surface area contributed by atoms with Crippen LogP contribution in [0.5, 0.6) is 0 Å². The van der Waals surface area contributed by atoms with Crippen molar-refractivity contribution < 1.29 is 13.2 Å². The molecule has 6 nitrogen and oxygen atoms in total. The summed E-state index contributed by atoms with van der Waals surface area (Å²) in [5, 5.41) is 0.503. The van der Waals surface area contributed by atoms with Gasteiger partial charge in [0.05, 0.1) is 16.9 Å². The summed E-state index contributed by atoms with van der Waals surface area (Å²) < 4.78 is 40.5. The Kier molecular flexibility index (Phi) is 4.09. The molecule has 3 aromatic rings. The summed E-state index contributed by atoms with van der Waals surface area (Å²) in [5.74, 6) is 0.493. The lowest BCUT2D eigenvalue weighted by Gasteiger charge is -2.26. The number of benzene rings is 1. The quantitative estimate of drug-likeness (QED) is 0.689. The van der Waals surface area contributed by atoms with Crippen molar-refractivity contribution >= 4 is 16.9 Å².